The molecule has 2 N–H and O–H groups in total. The molecule has 0 saturated carbocycles. The van der Waals surface area contributed by atoms with E-state index in [4.69, 9.17) is 4.98 Å². The van der Waals surface area contributed by atoms with Crippen LogP contribution in [0.4, 0.5) is 10.8 Å². The number of rotatable bonds is 7. The van der Waals surface area contributed by atoms with Gasteiger partial charge in [0.2, 0.25) is 0 Å². The minimum absolute atomic E-state index is 0.892. The number of nitrogens with zero attached hydrogens (tertiary/aromatic N) is 2. The lowest BCUT2D eigenvalue weighted by atomic mass is 9.93. The molecule has 0 radical (unpaired) electrons. The van der Waals surface area contributed by atoms with Gasteiger partial charge in [0, 0.05) is 17.6 Å². The van der Waals surface area contributed by atoms with Gasteiger partial charge in [-0.25, -0.2) is 4.98 Å². The van der Waals surface area contributed by atoms with Gasteiger partial charge in [-0.15, -0.1) is 11.3 Å². The zero-order valence-corrected chi connectivity index (χ0v) is 15.5. The zero-order valence-electron chi connectivity index (χ0n) is 14.7. The molecule has 1 aromatic heterocycles. The van der Waals surface area contributed by atoms with Crippen molar-refractivity contribution in [2.45, 2.75) is 32.7 Å². The second-order valence-electron chi connectivity index (χ2n) is 6.75. The summed E-state index contributed by atoms with van der Waals surface area (Å²) in [5.41, 5.74) is 3.56. The van der Waals surface area contributed by atoms with Crippen molar-refractivity contribution >= 4 is 22.2 Å². The number of likely N-dealkylation sites (tertiary alicyclic amines) is 1. The molecule has 4 nitrogen and oxygen atoms in total. The van der Waals surface area contributed by atoms with Gasteiger partial charge in [0.15, 0.2) is 5.13 Å². The molecule has 0 bridgehead atoms. The number of hydrogen-bond acceptors (Lipinski definition) is 5. The van der Waals surface area contributed by atoms with Gasteiger partial charge >= 0.3 is 0 Å². The van der Waals surface area contributed by atoms with Crippen LogP contribution < -0.4 is 10.6 Å². The lowest BCUT2D eigenvalue weighted by Gasteiger charge is -2.31. The van der Waals surface area contributed by atoms with Gasteiger partial charge in [0.1, 0.15) is 0 Å². The predicted octanol–water partition coefficient (Wildman–Crippen LogP) is 4.02. The van der Waals surface area contributed by atoms with E-state index in [-0.39, 0.29) is 0 Å². The Morgan fingerprint density at radius 1 is 1.21 bits per heavy atom. The van der Waals surface area contributed by atoms with Crippen LogP contribution in [0.15, 0.2) is 29.6 Å². The summed E-state index contributed by atoms with van der Waals surface area (Å²) >= 11 is 1.69. The maximum Gasteiger partial charge on any atom is 0.187 e. The number of benzene rings is 1. The third-order valence-corrected chi connectivity index (χ3v) is 5.56. The van der Waals surface area contributed by atoms with Gasteiger partial charge in [-0.2, -0.15) is 0 Å². The number of nitrogens with one attached hydrogen (secondary N) is 2. The van der Waals surface area contributed by atoms with Crippen molar-refractivity contribution in [3.8, 4) is 0 Å². The van der Waals surface area contributed by atoms with E-state index < -0.39 is 0 Å². The topological polar surface area (TPSA) is 40.2 Å². The number of aryl methyl sites for hydroxylation is 1. The van der Waals surface area contributed by atoms with Crippen LogP contribution in [0.5, 0.6) is 0 Å². The second kappa shape index (κ2) is 8.60. The van der Waals surface area contributed by atoms with E-state index >= 15 is 0 Å². The Hall–Kier alpha value is -1.43. The largest absolute Gasteiger partial charge is 0.332 e. The first kappa shape index (κ1) is 17.4. The molecule has 5 heteroatoms. The van der Waals surface area contributed by atoms with Crippen LogP contribution in [-0.2, 0) is 6.54 Å². The van der Waals surface area contributed by atoms with E-state index in [0.29, 0.717) is 0 Å². The fraction of sp³-hybridized carbons (Fsp3) is 0.526. The molecule has 0 amide bonds. The van der Waals surface area contributed by atoms with Gasteiger partial charge in [0.25, 0.3) is 0 Å². The van der Waals surface area contributed by atoms with Crippen molar-refractivity contribution in [1.82, 2.24) is 15.2 Å². The Kier molecular flexibility index (Phi) is 6.24. The molecule has 2 aromatic rings. The second-order valence-corrected chi connectivity index (χ2v) is 7.60. The quantitative estimate of drug-likeness (QED) is 0.796. The number of hydrogen-bond donors (Lipinski definition) is 2. The van der Waals surface area contributed by atoms with E-state index in [9.17, 15) is 0 Å². The molecule has 24 heavy (non-hydrogen) atoms. The average Bonchev–Trinajstić information content (AvgIpc) is 3.03. The number of thiazole rings is 1. The molecule has 1 fully saturated rings. The highest BCUT2D eigenvalue weighted by Gasteiger charge is 2.19. The summed E-state index contributed by atoms with van der Waals surface area (Å²) in [5.74, 6) is 0.892. The first-order valence-electron chi connectivity index (χ1n) is 8.88. The van der Waals surface area contributed by atoms with Crippen LogP contribution in [0, 0.1) is 12.8 Å². The van der Waals surface area contributed by atoms with Crippen LogP contribution in [0.3, 0.4) is 0 Å². The van der Waals surface area contributed by atoms with Gasteiger partial charge in [-0.1, -0.05) is 17.7 Å². The van der Waals surface area contributed by atoms with E-state index in [1.54, 1.807) is 11.3 Å². The molecule has 0 unspecified atom stereocenters. The van der Waals surface area contributed by atoms with E-state index in [1.165, 1.54) is 43.6 Å². The maximum atomic E-state index is 4.75. The molecular weight excluding hydrogens is 316 g/mol. The Morgan fingerprint density at radius 3 is 2.67 bits per heavy atom. The van der Waals surface area contributed by atoms with Crippen molar-refractivity contribution in [2.75, 3.05) is 32.0 Å². The summed E-state index contributed by atoms with van der Waals surface area (Å²) in [7, 11) is 2.04. The molecule has 3 rings (SSSR count). The number of aromatic nitrogens is 1. The molecule has 1 aliphatic rings. The Bertz CT molecular complexity index is 615. The van der Waals surface area contributed by atoms with Crippen LogP contribution in [-0.4, -0.2) is 36.6 Å². The normalized spacial score (nSPS) is 16.4. The van der Waals surface area contributed by atoms with Gasteiger partial charge in [-0.3, -0.25) is 4.90 Å². The lowest BCUT2D eigenvalue weighted by Crippen LogP contribution is -2.34. The highest BCUT2D eigenvalue weighted by Crippen LogP contribution is 2.24. The Balaban J connectivity index is 1.47. The predicted molar refractivity (Wildman–Crippen MR) is 103 cm³/mol. The summed E-state index contributed by atoms with van der Waals surface area (Å²) in [4.78, 5) is 7.29. The van der Waals surface area contributed by atoms with Crippen molar-refractivity contribution < 1.29 is 0 Å². The molecule has 130 valence electrons. The standard InChI is InChI=1S/C19H28N4S/c1-15-3-5-17(6-4-15)21-19-22-18(14-24-19)13-23-11-8-16(9-12-23)7-10-20-2/h3-6,14,16,20H,7-13H2,1-2H3,(H,21,22). The fourth-order valence-electron chi connectivity index (χ4n) is 3.21. The summed E-state index contributed by atoms with van der Waals surface area (Å²) in [6, 6.07) is 8.45. The Morgan fingerprint density at radius 2 is 1.96 bits per heavy atom. The first-order chi connectivity index (χ1) is 11.7. The highest BCUT2D eigenvalue weighted by molar-refractivity contribution is 7.13. The van der Waals surface area contributed by atoms with E-state index in [0.717, 1.165) is 29.8 Å². The van der Waals surface area contributed by atoms with Crippen LogP contribution in [0.2, 0.25) is 0 Å². The van der Waals surface area contributed by atoms with Gasteiger partial charge in [-0.05, 0) is 70.9 Å². The summed E-state index contributed by atoms with van der Waals surface area (Å²) in [5, 5.41) is 9.83. The summed E-state index contributed by atoms with van der Waals surface area (Å²) in [6.45, 7) is 6.63. The molecular formula is C19H28N4S. The molecule has 0 aliphatic carbocycles. The van der Waals surface area contributed by atoms with Crippen LogP contribution in [0.1, 0.15) is 30.5 Å². The Labute approximate surface area is 149 Å². The van der Waals surface area contributed by atoms with Crippen molar-refractivity contribution in [2.24, 2.45) is 5.92 Å². The molecule has 0 atom stereocenters. The smallest absolute Gasteiger partial charge is 0.187 e. The van der Waals surface area contributed by atoms with Crippen molar-refractivity contribution in [1.29, 1.82) is 0 Å². The third-order valence-electron chi connectivity index (χ3n) is 4.75. The molecule has 1 aliphatic heterocycles. The zero-order chi connectivity index (χ0) is 16.8. The van der Waals surface area contributed by atoms with Crippen molar-refractivity contribution in [3.05, 3.63) is 40.9 Å². The fourth-order valence-corrected chi connectivity index (χ4v) is 3.93. The third kappa shape index (κ3) is 5.03. The molecule has 1 aromatic carbocycles. The first-order valence-corrected chi connectivity index (χ1v) is 9.76. The number of piperidine rings is 1. The molecule has 1 saturated heterocycles. The summed E-state index contributed by atoms with van der Waals surface area (Å²) < 4.78 is 0. The van der Waals surface area contributed by atoms with Crippen molar-refractivity contribution in [3.63, 3.8) is 0 Å². The van der Waals surface area contributed by atoms with E-state index in [2.05, 4.69) is 52.1 Å². The van der Waals surface area contributed by atoms with Gasteiger partial charge < -0.3 is 10.6 Å². The van der Waals surface area contributed by atoms with E-state index in [1.807, 2.05) is 7.05 Å². The highest BCUT2D eigenvalue weighted by atomic mass is 32.1. The maximum absolute atomic E-state index is 4.75. The van der Waals surface area contributed by atoms with Crippen LogP contribution in [0.25, 0.3) is 0 Å². The molecule has 0 spiro atoms. The average molecular weight is 345 g/mol. The number of anilines is 2. The monoisotopic (exact) mass is 344 g/mol. The minimum atomic E-state index is 0.892. The SMILES string of the molecule is CNCCC1CCN(Cc2csc(Nc3ccc(C)cc3)n2)CC1. The minimum Gasteiger partial charge on any atom is -0.332 e. The molecule has 2 heterocycles. The summed E-state index contributed by atoms with van der Waals surface area (Å²) in [6.07, 6.45) is 3.95. The van der Waals surface area contributed by atoms with Crippen LogP contribution >= 0.6 is 11.3 Å². The van der Waals surface area contributed by atoms with Gasteiger partial charge in [0.05, 0.1) is 5.69 Å². The lowest BCUT2D eigenvalue weighted by molar-refractivity contribution is 0.171.